The number of hydrogen-bond donors (Lipinski definition) is 2. The molecule has 237 valence electrons. The van der Waals surface area contributed by atoms with Crippen molar-refractivity contribution in [2.24, 2.45) is 5.92 Å². The SMILES string of the molecule is CCCN(CCC)C(=O)c1cccc(C(=O)N[C@H]([CH]C(C)C(=O)NCC(F)(F)C(F)(F)C(F)(F)F)Cc2ccccc2)c1. The highest BCUT2D eigenvalue weighted by Crippen LogP contribution is 2.46. The normalized spacial score (nSPS) is 13.6. The van der Waals surface area contributed by atoms with Gasteiger partial charge in [0.15, 0.2) is 0 Å². The quantitative estimate of drug-likeness (QED) is 0.238. The van der Waals surface area contributed by atoms with E-state index in [9.17, 15) is 45.1 Å². The van der Waals surface area contributed by atoms with E-state index in [4.69, 9.17) is 0 Å². The van der Waals surface area contributed by atoms with E-state index >= 15 is 0 Å². The zero-order chi connectivity index (χ0) is 32.4. The Morgan fingerprint density at radius 1 is 0.860 bits per heavy atom. The van der Waals surface area contributed by atoms with Crippen LogP contribution >= 0.6 is 0 Å². The lowest BCUT2D eigenvalue weighted by atomic mass is 9.95. The highest BCUT2D eigenvalue weighted by Gasteiger charge is 2.72. The minimum Gasteiger partial charge on any atom is -0.350 e. The van der Waals surface area contributed by atoms with Gasteiger partial charge >= 0.3 is 18.0 Å². The molecule has 3 amide bonds. The van der Waals surface area contributed by atoms with Crippen LogP contribution in [-0.2, 0) is 11.2 Å². The molecule has 2 aromatic carbocycles. The Labute approximate surface area is 246 Å². The van der Waals surface area contributed by atoms with E-state index in [1.807, 2.05) is 13.8 Å². The Morgan fingerprint density at radius 3 is 2.00 bits per heavy atom. The molecule has 2 rings (SSSR count). The van der Waals surface area contributed by atoms with Gasteiger partial charge in [0, 0.05) is 36.2 Å². The second-order valence-corrected chi connectivity index (χ2v) is 10.1. The van der Waals surface area contributed by atoms with Crippen LogP contribution in [0.1, 0.15) is 59.9 Å². The summed E-state index contributed by atoms with van der Waals surface area (Å²) in [7, 11) is 0. The lowest BCUT2D eigenvalue weighted by Gasteiger charge is -2.29. The zero-order valence-electron chi connectivity index (χ0n) is 24.0. The van der Waals surface area contributed by atoms with Crippen LogP contribution in [-0.4, -0.2) is 66.3 Å². The second kappa shape index (κ2) is 15.2. The highest BCUT2D eigenvalue weighted by molar-refractivity contribution is 5.99. The Bertz CT molecular complexity index is 1220. The van der Waals surface area contributed by atoms with Crippen LogP contribution in [0.15, 0.2) is 54.6 Å². The first-order chi connectivity index (χ1) is 20.0. The monoisotopic (exact) mass is 618 g/mol. The summed E-state index contributed by atoms with van der Waals surface area (Å²) in [5.41, 5.74) is 1.14. The molecule has 2 N–H and O–H groups in total. The van der Waals surface area contributed by atoms with Crippen molar-refractivity contribution in [2.45, 2.75) is 64.1 Å². The van der Waals surface area contributed by atoms with Gasteiger partial charge in [0.1, 0.15) is 0 Å². The van der Waals surface area contributed by atoms with Crippen LogP contribution in [0.4, 0.5) is 30.7 Å². The summed E-state index contributed by atoms with van der Waals surface area (Å²) in [6, 6.07) is 13.8. The number of carbonyl (C=O) groups is 3. The number of halogens is 7. The molecule has 0 aliphatic heterocycles. The van der Waals surface area contributed by atoms with E-state index < -0.39 is 48.3 Å². The van der Waals surface area contributed by atoms with Gasteiger partial charge in [-0.1, -0.05) is 57.2 Å². The molecule has 6 nitrogen and oxygen atoms in total. The molecule has 0 aliphatic rings. The van der Waals surface area contributed by atoms with E-state index in [0.717, 1.165) is 12.8 Å². The molecule has 0 saturated heterocycles. The number of nitrogens with zero attached hydrogens (tertiary/aromatic N) is 1. The Balaban J connectivity index is 2.19. The average molecular weight is 619 g/mol. The first-order valence-electron chi connectivity index (χ1n) is 13.7. The van der Waals surface area contributed by atoms with Crippen LogP contribution in [0.25, 0.3) is 0 Å². The number of nitrogens with one attached hydrogen (secondary N) is 2. The third kappa shape index (κ3) is 9.69. The van der Waals surface area contributed by atoms with Crippen molar-refractivity contribution in [3.8, 4) is 0 Å². The van der Waals surface area contributed by atoms with Gasteiger partial charge in [0.05, 0.1) is 6.54 Å². The van der Waals surface area contributed by atoms with E-state index in [1.54, 1.807) is 47.4 Å². The second-order valence-electron chi connectivity index (χ2n) is 10.1. The number of rotatable bonds is 15. The summed E-state index contributed by atoms with van der Waals surface area (Å²) in [5, 5.41) is 4.16. The molecule has 0 spiro atoms. The summed E-state index contributed by atoms with van der Waals surface area (Å²) < 4.78 is 91.0. The zero-order valence-corrected chi connectivity index (χ0v) is 24.0. The molecule has 2 atom stereocenters. The number of benzene rings is 2. The molecule has 0 heterocycles. The minimum absolute atomic E-state index is 0.131. The van der Waals surface area contributed by atoms with Crippen molar-refractivity contribution in [1.82, 2.24) is 15.5 Å². The van der Waals surface area contributed by atoms with Gasteiger partial charge in [-0.25, -0.2) is 0 Å². The van der Waals surface area contributed by atoms with Crippen molar-refractivity contribution < 1.29 is 45.1 Å². The standard InChI is InChI=1S/C30H35F7N3O3/c1-4-14-40(15-5-2)27(43)23-13-9-12-22(18-23)26(42)39-24(17-21-10-7-6-8-11-21)16-20(3)25(41)38-19-28(31,32)29(33,34)30(35,36)37/h6-13,16,18,20,24H,4-5,14-15,17,19H2,1-3H3,(H,38,41)(H,39,42)/t20?,24-/m1/s1. The Kier molecular flexibility index (Phi) is 12.6. The molecular formula is C30H35F7N3O3. The van der Waals surface area contributed by atoms with Gasteiger partial charge in [-0.05, 0) is 49.4 Å². The maximum Gasteiger partial charge on any atom is 0.459 e. The molecule has 1 radical (unpaired) electrons. The van der Waals surface area contributed by atoms with Crippen molar-refractivity contribution >= 4 is 17.7 Å². The van der Waals surface area contributed by atoms with Gasteiger partial charge < -0.3 is 15.5 Å². The molecule has 0 aromatic heterocycles. The van der Waals surface area contributed by atoms with E-state index in [-0.39, 0.29) is 17.9 Å². The highest BCUT2D eigenvalue weighted by atomic mass is 19.4. The maximum absolute atomic E-state index is 13.7. The van der Waals surface area contributed by atoms with Crippen LogP contribution in [0, 0.1) is 12.3 Å². The predicted octanol–water partition coefficient (Wildman–Crippen LogP) is 6.08. The molecule has 0 saturated carbocycles. The van der Waals surface area contributed by atoms with Crippen LogP contribution in [0.3, 0.4) is 0 Å². The van der Waals surface area contributed by atoms with Crippen molar-refractivity contribution in [3.05, 3.63) is 77.7 Å². The smallest absolute Gasteiger partial charge is 0.350 e. The summed E-state index contributed by atoms with van der Waals surface area (Å²) in [6.45, 7) is 3.92. The molecule has 2 aromatic rings. The molecule has 0 aliphatic carbocycles. The average Bonchev–Trinajstić information content (AvgIpc) is 2.95. The lowest BCUT2D eigenvalue weighted by molar-refractivity contribution is -0.352. The molecule has 0 fully saturated rings. The summed E-state index contributed by atoms with van der Waals surface area (Å²) >= 11 is 0. The van der Waals surface area contributed by atoms with Crippen LogP contribution in [0.5, 0.6) is 0 Å². The summed E-state index contributed by atoms with van der Waals surface area (Å²) in [5.74, 6) is -15.3. The number of amides is 3. The Hall–Kier alpha value is -3.64. The first-order valence-corrected chi connectivity index (χ1v) is 13.7. The maximum atomic E-state index is 13.7. The third-order valence-corrected chi connectivity index (χ3v) is 6.50. The van der Waals surface area contributed by atoms with Crippen LogP contribution < -0.4 is 10.6 Å². The van der Waals surface area contributed by atoms with Gasteiger partial charge in [0.25, 0.3) is 11.8 Å². The fourth-order valence-corrected chi connectivity index (χ4v) is 4.23. The van der Waals surface area contributed by atoms with Gasteiger partial charge in [-0.3, -0.25) is 14.4 Å². The fraction of sp³-hybridized carbons (Fsp3) is 0.467. The number of alkyl halides is 7. The fourth-order valence-electron chi connectivity index (χ4n) is 4.23. The third-order valence-electron chi connectivity index (χ3n) is 6.50. The van der Waals surface area contributed by atoms with Gasteiger partial charge in [-0.2, -0.15) is 30.7 Å². The molecule has 0 bridgehead atoms. The van der Waals surface area contributed by atoms with Crippen molar-refractivity contribution in [2.75, 3.05) is 19.6 Å². The number of hydrogen-bond acceptors (Lipinski definition) is 3. The predicted molar refractivity (Wildman–Crippen MR) is 147 cm³/mol. The lowest BCUT2D eigenvalue weighted by Crippen LogP contribution is -2.57. The van der Waals surface area contributed by atoms with Gasteiger partial charge in [-0.15, -0.1) is 0 Å². The largest absolute Gasteiger partial charge is 0.459 e. The van der Waals surface area contributed by atoms with Crippen molar-refractivity contribution in [3.63, 3.8) is 0 Å². The molecular weight excluding hydrogens is 583 g/mol. The van der Waals surface area contributed by atoms with E-state index in [1.165, 1.54) is 30.8 Å². The molecule has 43 heavy (non-hydrogen) atoms. The molecule has 1 unspecified atom stereocenters. The topological polar surface area (TPSA) is 78.5 Å². The van der Waals surface area contributed by atoms with Gasteiger partial charge in [0.2, 0.25) is 5.91 Å². The minimum atomic E-state index is -6.52. The van der Waals surface area contributed by atoms with Crippen molar-refractivity contribution in [1.29, 1.82) is 0 Å². The van der Waals surface area contributed by atoms with E-state index in [2.05, 4.69) is 5.32 Å². The summed E-state index contributed by atoms with van der Waals surface area (Å²) in [4.78, 5) is 40.3. The Morgan fingerprint density at radius 2 is 1.44 bits per heavy atom. The van der Waals surface area contributed by atoms with Crippen LogP contribution in [0.2, 0.25) is 0 Å². The van der Waals surface area contributed by atoms with E-state index in [0.29, 0.717) is 24.2 Å². The summed E-state index contributed by atoms with van der Waals surface area (Å²) in [6.07, 6.45) is -3.63. The first kappa shape index (κ1) is 35.6. The number of carbonyl (C=O) groups excluding carboxylic acids is 3. The molecule has 13 heteroatoms.